The monoisotopic (exact) mass is 1360 g/mol. The van der Waals surface area contributed by atoms with Crippen LogP contribution in [0.3, 0.4) is 0 Å². The number of rotatable bonds is 64. The van der Waals surface area contributed by atoms with Crippen molar-refractivity contribution in [2.75, 3.05) is 19.8 Å². The lowest BCUT2D eigenvalue weighted by atomic mass is 9.97. The van der Waals surface area contributed by atoms with E-state index in [1.165, 1.54) is 173 Å². The van der Waals surface area contributed by atoms with Crippen molar-refractivity contribution in [2.24, 2.45) is 0 Å². The van der Waals surface area contributed by atoms with Crippen LogP contribution in [0.5, 0.6) is 0 Å². The normalized spacial score (nSPS) is 22.8. The van der Waals surface area contributed by atoms with Gasteiger partial charge in [-0.2, -0.15) is 0 Å². The Labute approximate surface area is 590 Å². The van der Waals surface area contributed by atoms with Crippen molar-refractivity contribution in [3.63, 3.8) is 0 Å². The Balaban J connectivity index is 1.65. The Kier molecular flexibility index (Phi) is 60.6. The zero-order valence-corrected chi connectivity index (χ0v) is 61.0. The number of aliphatic hydroxyl groups is 8. The summed E-state index contributed by atoms with van der Waals surface area (Å²) in [5.41, 5.74) is 0. The van der Waals surface area contributed by atoms with E-state index >= 15 is 0 Å². The highest BCUT2D eigenvalue weighted by Gasteiger charge is 2.51. The molecule has 2 heterocycles. The lowest BCUT2D eigenvalue weighted by molar-refractivity contribution is -0.359. The van der Waals surface area contributed by atoms with Gasteiger partial charge in [0.15, 0.2) is 12.6 Å². The predicted molar refractivity (Wildman–Crippen MR) is 401 cm³/mol. The van der Waals surface area contributed by atoms with Gasteiger partial charge in [0.2, 0.25) is 5.91 Å². The molecule has 2 aliphatic heterocycles. The van der Waals surface area contributed by atoms with Crippen LogP contribution in [0.2, 0.25) is 0 Å². The van der Waals surface area contributed by atoms with Crippen LogP contribution in [0.4, 0.5) is 0 Å². The summed E-state index contributed by atoms with van der Waals surface area (Å²) in [5.74, 6) is -0.247. The van der Waals surface area contributed by atoms with E-state index in [2.05, 4.69) is 129 Å². The molecule has 0 aromatic carbocycles. The molecule has 12 unspecified atom stereocenters. The number of aliphatic hydroxyl groups excluding tert-OH is 8. The molecule has 97 heavy (non-hydrogen) atoms. The third kappa shape index (κ3) is 48.8. The summed E-state index contributed by atoms with van der Waals surface area (Å²) in [6.07, 6.45) is 79.7. The molecular weight excluding hydrogens is 1220 g/mol. The first-order chi connectivity index (χ1) is 47.6. The van der Waals surface area contributed by atoms with Crippen LogP contribution in [0.15, 0.2) is 122 Å². The fourth-order valence-corrected chi connectivity index (χ4v) is 12.2. The number of carbonyl (C=O) groups is 1. The molecular formula is C83H143NO13. The molecule has 0 aromatic rings. The highest BCUT2D eigenvalue weighted by Crippen LogP contribution is 2.30. The van der Waals surface area contributed by atoms with Gasteiger partial charge in [0, 0.05) is 6.42 Å². The number of unbranched alkanes of at least 4 members (excludes halogenated alkanes) is 33. The molecule has 14 heteroatoms. The molecule has 2 fully saturated rings. The van der Waals surface area contributed by atoms with Gasteiger partial charge in [-0.1, -0.05) is 328 Å². The number of carbonyl (C=O) groups excluding carboxylic acids is 1. The fourth-order valence-electron chi connectivity index (χ4n) is 12.2. The largest absolute Gasteiger partial charge is 0.394 e. The molecule has 0 spiro atoms. The summed E-state index contributed by atoms with van der Waals surface area (Å²) in [5, 5.41) is 87.7. The number of amides is 1. The molecule has 9 N–H and O–H groups in total. The second-order valence-corrected chi connectivity index (χ2v) is 27.1. The smallest absolute Gasteiger partial charge is 0.220 e. The topological polar surface area (TPSA) is 228 Å². The summed E-state index contributed by atoms with van der Waals surface area (Å²) in [7, 11) is 0. The summed E-state index contributed by atoms with van der Waals surface area (Å²) in [6, 6.07) is -0.928. The van der Waals surface area contributed by atoms with Gasteiger partial charge < -0.3 is 65.1 Å². The van der Waals surface area contributed by atoms with Crippen molar-refractivity contribution >= 4 is 5.91 Å². The minimum atomic E-state index is -1.80. The van der Waals surface area contributed by atoms with E-state index < -0.39 is 86.8 Å². The van der Waals surface area contributed by atoms with Gasteiger partial charge in [-0.3, -0.25) is 4.79 Å². The molecule has 0 radical (unpaired) electrons. The first kappa shape index (κ1) is 89.5. The molecule has 0 aromatic heterocycles. The van der Waals surface area contributed by atoms with Gasteiger partial charge in [-0.25, -0.2) is 0 Å². The SMILES string of the molecule is CC/C=C\C/C=C\C/C=C\C/C=C\C/C=C\C/C=C\C/C=C\C/C=C\C/C=C\CCCCCCCCCCCC(=O)NC(COC1OC(CO)C(OC2OC(CO)C(O)C(O)C2O)C(O)C1O)C(O)/C=C/CCCCCCCCCCCCCCCCCCCCCCCCCC. The zero-order valence-electron chi connectivity index (χ0n) is 61.0. The number of hydrogen-bond donors (Lipinski definition) is 9. The molecule has 2 saturated heterocycles. The Morgan fingerprint density at radius 3 is 1.09 bits per heavy atom. The average molecular weight is 1360 g/mol. The average Bonchev–Trinajstić information content (AvgIpc) is 0.794. The van der Waals surface area contributed by atoms with Crippen molar-refractivity contribution in [3.8, 4) is 0 Å². The van der Waals surface area contributed by atoms with Crippen molar-refractivity contribution in [1.29, 1.82) is 0 Å². The van der Waals surface area contributed by atoms with E-state index in [1.807, 2.05) is 6.08 Å². The lowest BCUT2D eigenvalue weighted by Crippen LogP contribution is -2.65. The number of ether oxygens (including phenoxy) is 4. The van der Waals surface area contributed by atoms with E-state index in [1.54, 1.807) is 6.08 Å². The lowest BCUT2D eigenvalue weighted by Gasteiger charge is -2.46. The number of hydrogen-bond acceptors (Lipinski definition) is 13. The summed E-state index contributed by atoms with van der Waals surface area (Å²) in [6.45, 7) is 2.71. The van der Waals surface area contributed by atoms with Crippen molar-refractivity contribution < 1.29 is 64.6 Å². The van der Waals surface area contributed by atoms with Crippen LogP contribution in [0, 0.1) is 0 Å². The van der Waals surface area contributed by atoms with E-state index in [0.29, 0.717) is 6.42 Å². The highest BCUT2D eigenvalue weighted by atomic mass is 16.7. The van der Waals surface area contributed by atoms with Crippen molar-refractivity contribution in [1.82, 2.24) is 5.32 Å². The van der Waals surface area contributed by atoms with E-state index in [9.17, 15) is 45.6 Å². The first-order valence-corrected chi connectivity index (χ1v) is 39.3. The molecule has 558 valence electrons. The van der Waals surface area contributed by atoms with E-state index in [0.717, 1.165) is 103 Å². The standard InChI is InChI=1S/C83H143NO13/c1-3-5-7-9-11-13-15-17-19-21-23-25-27-29-31-32-33-34-35-36-37-38-39-40-41-43-45-47-49-51-53-55-57-59-61-63-65-67-75(88)84-71(70-94-82-80(93)78(91)81(74(69-86)96-82)97-83-79(92)77(90)76(89)73(68-85)95-83)72(87)66-64-62-60-58-56-54-52-50-48-46-44-42-30-28-26-24-22-20-18-16-14-12-10-8-6-4-2/h5,7,11,13,17,19,23,25,29,31,33-34,36-37,39-40,43,45,64,66,71-74,76-83,85-87,89-93H,3-4,6,8-10,12,14-16,18,20-22,24,26-28,30,32,35,38,41-42,44,46-63,65,67-70H2,1-2H3,(H,84,88)/b7-5-,13-11-,19-17-,25-23-,31-29-,34-33-,37-36-,40-39-,45-43-,66-64+. The van der Waals surface area contributed by atoms with E-state index in [-0.39, 0.29) is 18.9 Å². The Morgan fingerprint density at radius 1 is 0.381 bits per heavy atom. The fraction of sp³-hybridized carbons (Fsp3) is 0.747. The zero-order chi connectivity index (χ0) is 70.1. The van der Waals surface area contributed by atoms with Crippen molar-refractivity contribution in [2.45, 2.75) is 376 Å². The van der Waals surface area contributed by atoms with Crippen LogP contribution < -0.4 is 5.32 Å². The maximum atomic E-state index is 13.4. The summed E-state index contributed by atoms with van der Waals surface area (Å²) >= 11 is 0. The molecule has 2 rings (SSSR count). The molecule has 14 nitrogen and oxygen atoms in total. The van der Waals surface area contributed by atoms with Crippen LogP contribution in [0.25, 0.3) is 0 Å². The van der Waals surface area contributed by atoms with Crippen LogP contribution in [-0.4, -0.2) is 140 Å². The Bertz CT molecular complexity index is 2100. The number of nitrogens with one attached hydrogen (secondary N) is 1. The predicted octanol–water partition coefficient (Wildman–Crippen LogP) is 17.6. The van der Waals surface area contributed by atoms with Crippen LogP contribution in [0.1, 0.15) is 303 Å². The highest BCUT2D eigenvalue weighted by molar-refractivity contribution is 5.76. The van der Waals surface area contributed by atoms with Gasteiger partial charge in [-0.05, 0) is 89.9 Å². The summed E-state index contributed by atoms with van der Waals surface area (Å²) in [4.78, 5) is 13.4. The maximum Gasteiger partial charge on any atom is 0.220 e. The molecule has 0 aliphatic carbocycles. The minimum absolute atomic E-state index is 0.247. The van der Waals surface area contributed by atoms with Gasteiger partial charge >= 0.3 is 0 Å². The van der Waals surface area contributed by atoms with Gasteiger partial charge in [0.25, 0.3) is 0 Å². The maximum absolute atomic E-state index is 13.4. The molecule has 2 aliphatic rings. The summed E-state index contributed by atoms with van der Waals surface area (Å²) < 4.78 is 22.9. The Morgan fingerprint density at radius 2 is 0.711 bits per heavy atom. The van der Waals surface area contributed by atoms with Gasteiger partial charge in [-0.15, -0.1) is 0 Å². The number of allylic oxidation sites excluding steroid dienone is 19. The molecule has 12 atom stereocenters. The molecule has 1 amide bonds. The molecule has 0 saturated carbocycles. The first-order valence-electron chi connectivity index (χ1n) is 39.3. The minimum Gasteiger partial charge on any atom is -0.394 e. The third-order valence-electron chi connectivity index (χ3n) is 18.4. The Hall–Kier alpha value is -3.61. The molecule has 0 bridgehead atoms. The van der Waals surface area contributed by atoms with Crippen molar-refractivity contribution in [3.05, 3.63) is 122 Å². The second kappa shape index (κ2) is 65.7. The van der Waals surface area contributed by atoms with Crippen LogP contribution in [-0.2, 0) is 23.7 Å². The quantitative estimate of drug-likeness (QED) is 0.0204. The van der Waals surface area contributed by atoms with E-state index in [4.69, 9.17) is 18.9 Å². The van der Waals surface area contributed by atoms with Gasteiger partial charge in [0.05, 0.1) is 32.0 Å². The third-order valence-corrected chi connectivity index (χ3v) is 18.4. The second-order valence-electron chi connectivity index (χ2n) is 27.1. The van der Waals surface area contributed by atoms with Gasteiger partial charge in [0.1, 0.15) is 48.8 Å². The van der Waals surface area contributed by atoms with Crippen LogP contribution >= 0.6 is 0 Å².